The molecule has 140 valence electrons. The fraction of sp³-hybridized carbons (Fsp3) is 0.158. The second kappa shape index (κ2) is 8.37. The first-order valence-electron chi connectivity index (χ1n) is 7.84. The van der Waals surface area contributed by atoms with Crippen LogP contribution in [0.5, 0.6) is 11.5 Å². The Bertz CT molecular complexity index is 930. The molecule has 0 spiro atoms. The lowest BCUT2D eigenvalue weighted by atomic mass is 10.1. The van der Waals surface area contributed by atoms with Gasteiger partial charge in [-0.2, -0.15) is 0 Å². The maximum absolute atomic E-state index is 12.7. The van der Waals surface area contributed by atoms with E-state index in [-0.39, 0.29) is 17.7 Å². The molecule has 2 aromatic rings. The molecule has 1 aliphatic heterocycles. The van der Waals surface area contributed by atoms with Gasteiger partial charge >= 0.3 is 0 Å². The van der Waals surface area contributed by atoms with Gasteiger partial charge in [-0.25, -0.2) is 0 Å². The molecule has 0 unspecified atom stereocenters. The average molecular weight is 469 g/mol. The third kappa shape index (κ3) is 4.31. The van der Waals surface area contributed by atoms with Crippen molar-refractivity contribution in [2.45, 2.75) is 6.54 Å². The van der Waals surface area contributed by atoms with Gasteiger partial charge in [-0.05, 0) is 41.6 Å². The Morgan fingerprint density at radius 2 is 1.78 bits per heavy atom. The van der Waals surface area contributed by atoms with Crippen molar-refractivity contribution < 1.29 is 19.1 Å². The van der Waals surface area contributed by atoms with Crippen LogP contribution in [0.3, 0.4) is 0 Å². The van der Waals surface area contributed by atoms with Crippen LogP contribution in [0, 0.1) is 0 Å². The highest BCUT2D eigenvalue weighted by Crippen LogP contribution is 2.38. The summed E-state index contributed by atoms with van der Waals surface area (Å²) < 4.78 is 11.4. The molecule has 0 saturated carbocycles. The molecule has 0 atom stereocenters. The highest BCUT2D eigenvalue weighted by molar-refractivity contribution is 9.10. The fourth-order valence-corrected chi connectivity index (χ4v) is 3.89. The molecule has 8 heteroatoms. The molecule has 3 rings (SSSR count). The zero-order valence-electron chi connectivity index (χ0n) is 14.5. The van der Waals surface area contributed by atoms with Gasteiger partial charge < -0.3 is 9.47 Å². The summed E-state index contributed by atoms with van der Waals surface area (Å²) in [6.07, 6.45) is 1.61. The maximum Gasteiger partial charge on any atom is 0.293 e. The van der Waals surface area contributed by atoms with E-state index in [0.29, 0.717) is 27.0 Å². The van der Waals surface area contributed by atoms with Gasteiger partial charge in [-0.3, -0.25) is 14.5 Å². The standard InChI is InChI=1S/C19H15BrClNO4S/c1-25-15-9-16(26-2)14(21)7-12(15)8-17-18(23)22(19(24)27-17)10-11-3-5-13(20)6-4-11/h3-9H,10H2,1-2H3/b17-8-. The first-order valence-corrected chi connectivity index (χ1v) is 9.83. The quantitative estimate of drug-likeness (QED) is 0.553. The van der Waals surface area contributed by atoms with Gasteiger partial charge in [0, 0.05) is 16.1 Å². The predicted molar refractivity (Wildman–Crippen MR) is 110 cm³/mol. The minimum absolute atomic E-state index is 0.218. The Morgan fingerprint density at radius 1 is 1.11 bits per heavy atom. The van der Waals surface area contributed by atoms with Crippen LogP contribution >= 0.6 is 39.3 Å². The van der Waals surface area contributed by atoms with Crippen LogP contribution < -0.4 is 9.47 Å². The number of rotatable bonds is 5. The van der Waals surface area contributed by atoms with Gasteiger partial charge in [-0.1, -0.05) is 39.7 Å². The fourth-order valence-electron chi connectivity index (χ4n) is 2.55. The largest absolute Gasteiger partial charge is 0.496 e. The Labute approximate surface area is 174 Å². The molecular weight excluding hydrogens is 454 g/mol. The molecule has 0 radical (unpaired) electrons. The van der Waals surface area contributed by atoms with Crippen molar-refractivity contribution in [1.29, 1.82) is 0 Å². The van der Waals surface area contributed by atoms with Gasteiger partial charge in [0.1, 0.15) is 11.5 Å². The lowest BCUT2D eigenvalue weighted by molar-refractivity contribution is -0.123. The molecule has 2 amide bonds. The third-order valence-corrected chi connectivity index (χ3v) is 5.65. The molecule has 1 saturated heterocycles. The molecule has 1 heterocycles. The van der Waals surface area contributed by atoms with Crippen molar-refractivity contribution in [2.24, 2.45) is 0 Å². The summed E-state index contributed by atoms with van der Waals surface area (Å²) in [6, 6.07) is 10.7. The Balaban J connectivity index is 1.88. The highest BCUT2D eigenvalue weighted by atomic mass is 79.9. The first-order chi connectivity index (χ1) is 12.9. The second-order valence-corrected chi connectivity index (χ2v) is 7.94. The van der Waals surface area contributed by atoms with Gasteiger partial charge in [0.05, 0.1) is 30.7 Å². The van der Waals surface area contributed by atoms with Crippen LogP contribution in [0.15, 0.2) is 45.8 Å². The molecule has 0 bridgehead atoms. The number of methoxy groups -OCH3 is 2. The number of carbonyl (C=O) groups excluding carboxylic acids is 2. The van der Waals surface area contributed by atoms with Crippen molar-refractivity contribution in [1.82, 2.24) is 4.90 Å². The lowest BCUT2D eigenvalue weighted by Crippen LogP contribution is -2.27. The van der Waals surface area contributed by atoms with E-state index in [0.717, 1.165) is 21.8 Å². The Morgan fingerprint density at radius 3 is 2.41 bits per heavy atom. The predicted octanol–water partition coefficient (Wildman–Crippen LogP) is 5.36. The average Bonchev–Trinajstić information content (AvgIpc) is 2.91. The van der Waals surface area contributed by atoms with Crippen LogP contribution in [0.1, 0.15) is 11.1 Å². The van der Waals surface area contributed by atoms with Crippen molar-refractivity contribution in [3.63, 3.8) is 0 Å². The van der Waals surface area contributed by atoms with Crippen LogP contribution in [0.25, 0.3) is 6.08 Å². The van der Waals surface area contributed by atoms with E-state index in [2.05, 4.69) is 15.9 Å². The van der Waals surface area contributed by atoms with E-state index >= 15 is 0 Å². The second-order valence-electron chi connectivity index (χ2n) is 5.62. The molecule has 1 aliphatic rings. The zero-order valence-corrected chi connectivity index (χ0v) is 17.7. The van der Waals surface area contributed by atoms with Crippen LogP contribution in [0.2, 0.25) is 5.02 Å². The monoisotopic (exact) mass is 467 g/mol. The normalized spacial score (nSPS) is 15.6. The number of nitrogens with zero attached hydrogens (tertiary/aromatic N) is 1. The summed E-state index contributed by atoms with van der Waals surface area (Å²) >= 11 is 10.4. The molecule has 0 aromatic heterocycles. The zero-order chi connectivity index (χ0) is 19.6. The van der Waals surface area contributed by atoms with E-state index < -0.39 is 0 Å². The summed E-state index contributed by atoms with van der Waals surface area (Å²) in [7, 11) is 3.02. The number of benzene rings is 2. The molecule has 1 fully saturated rings. The summed E-state index contributed by atoms with van der Waals surface area (Å²) in [6.45, 7) is 0.218. The molecule has 27 heavy (non-hydrogen) atoms. The van der Waals surface area contributed by atoms with Crippen molar-refractivity contribution in [3.8, 4) is 11.5 Å². The number of hydrogen-bond donors (Lipinski definition) is 0. The van der Waals surface area contributed by atoms with E-state index in [1.54, 1.807) is 18.2 Å². The van der Waals surface area contributed by atoms with Crippen LogP contribution in [0.4, 0.5) is 4.79 Å². The minimum atomic E-state index is -0.345. The maximum atomic E-state index is 12.7. The minimum Gasteiger partial charge on any atom is -0.496 e. The first kappa shape index (κ1) is 19.8. The van der Waals surface area contributed by atoms with E-state index in [9.17, 15) is 9.59 Å². The van der Waals surface area contributed by atoms with Gasteiger partial charge in [0.15, 0.2) is 0 Å². The summed E-state index contributed by atoms with van der Waals surface area (Å²) in [5.74, 6) is 0.617. The lowest BCUT2D eigenvalue weighted by Gasteiger charge is -2.12. The SMILES string of the molecule is COc1cc(OC)c(/C=C2\SC(=O)N(Cc3ccc(Br)cc3)C2=O)cc1Cl. The number of thioether (sulfide) groups is 1. The van der Waals surface area contributed by atoms with E-state index in [4.69, 9.17) is 21.1 Å². The Hall–Kier alpha value is -1.96. The number of amides is 2. The highest BCUT2D eigenvalue weighted by Gasteiger charge is 2.35. The van der Waals surface area contributed by atoms with Gasteiger partial charge in [0.2, 0.25) is 0 Å². The topological polar surface area (TPSA) is 55.8 Å². The van der Waals surface area contributed by atoms with Gasteiger partial charge in [-0.15, -0.1) is 0 Å². The van der Waals surface area contributed by atoms with Crippen molar-refractivity contribution >= 4 is 56.5 Å². The molecule has 0 N–H and O–H groups in total. The van der Waals surface area contributed by atoms with E-state index in [1.807, 2.05) is 24.3 Å². The molecular formula is C19H15BrClNO4S. The summed E-state index contributed by atoms with van der Waals surface area (Å²) in [5.41, 5.74) is 1.46. The molecule has 2 aromatic carbocycles. The number of carbonyl (C=O) groups is 2. The number of hydrogen-bond acceptors (Lipinski definition) is 5. The van der Waals surface area contributed by atoms with Crippen LogP contribution in [-0.2, 0) is 11.3 Å². The number of halogens is 2. The smallest absolute Gasteiger partial charge is 0.293 e. The van der Waals surface area contributed by atoms with Gasteiger partial charge in [0.25, 0.3) is 11.1 Å². The van der Waals surface area contributed by atoms with Crippen molar-refractivity contribution in [3.05, 3.63) is 61.9 Å². The van der Waals surface area contributed by atoms with Crippen molar-refractivity contribution in [2.75, 3.05) is 14.2 Å². The molecule has 0 aliphatic carbocycles. The number of imide groups is 1. The number of ether oxygens (including phenoxy) is 2. The third-order valence-electron chi connectivity index (χ3n) is 3.92. The van der Waals surface area contributed by atoms with Crippen LogP contribution in [-0.4, -0.2) is 30.3 Å². The summed E-state index contributed by atoms with van der Waals surface area (Å²) in [4.78, 5) is 26.6. The molecule has 5 nitrogen and oxygen atoms in total. The van der Waals surface area contributed by atoms with E-state index in [1.165, 1.54) is 19.1 Å². The Kier molecular flexibility index (Phi) is 6.14. The summed E-state index contributed by atoms with van der Waals surface area (Å²) in [5, 5.41) is 0.0754.